The van der Waals surface area contributed by atoms with Gasteiger partial charge in [0.15, 0.2) is 8.32 Å². The van der Waals surface area contributed by atoms with Crippen LogP contribution in [-0.4, -0.2) is 19.7 Å². The van der Waals surface area contributed by atoms with E-state index in [9.17, 15) is 4.79 Å². The molecule has 3 atom stereocenters. The maximum absolute atomic E-state index is 11.9. The van der Waals surface area contributed by atoms with Gasteiger partial charge < -0.3 is 4.43 Å². The summed E-state index contributed by atoms with van der Waals surface area (Å²) in [5.74, 6) is 1.48. The molecule has 2 aliphatic carbocycles. The fraction of sp³-hybridized carbons (Fsp3) is 0.833. The maximum Gasteiger partial charge on any atom is 0.192 e. The van der Waals surface area contributed by atoms with Crippen LogP contribution in [0.4, 0.5) is 0 Å². The van der Waals surface area contributed by atoms with E-state index >= 15 is 0 Å². The van der Waals surface area contributed by atoms with Gasteiger partial charge in [0.05, 0.1) is 5.60 Å². The Hall–Kier alpha value is -0.413. The van der Waals surface area contributed by atoms with Crippen molar-refractivity contribution in [2.45, 2.75) is 83.0 Å². The summed E-state index contributed by atoms with van der Waals surface area (Å²) >= 11 is 0. The first-order valence-electron chi connectivity index (χ1n) is 8.44. The summed E-state index contributed by atoms with van der Waals surface area (Å²) in [5, 5.41) is 0.217. The van der Waals surface area contributed by atoms with Gasteiger partial charge in [-0.15, -0.1) is 6.58 Å². The lowest BCUT2D eigenvalue weighted by Crippen LogP contribution is -2.51. The number of hydrogen-bond donors (Lipinski definition) is 0. The number of allylic oxidation sites excluding steroid dienone is 1. The minimum Gasteiger partial charge on any atom is -0.411 e. The van der Waals surface area contributed by atoms with Gasteiger partial charge in [-0.1, -0.05) is 26.8 Å². The number of ketones is 1. The van der Waals surface area contributed by atoms with E-state index < -0.39 is 8.32 Å². The van der Waals surface area contributed by atoms with Crippen LogP contribution in [0.25, 0.3) is 0 Å². The average molecular weight is 309 g/mol. The molecule has 2 aliphatic rings. The Morgan fingerprint density at radius 3 is 2.62 bits per heavy atom. The predicted molar refractivity (Wildman–Crippen MR) is 90.9 cm³/mol. The van der Waals surface area contributed by atoms with Crippen LogP contribution < -0.4 is 0 Å². The Bertz CT molecular complexity index is 421. The summed E-state index contributed by atoms with van der Waals surface area (Å²) in [6.45, 7) is 15.5. The van der Waals surface area contributed by atoms with Crippen LogP contribution in [0.2, 0.25) is 18.1 Å². The predicted octanol–water partition coefficient (Wildman–Crippen LogP) is 5.10. The Kier molecular flexibility index (Phi) is 4.57. The maximum atomic E-state index is 11.9. The van der Waals surface area contributed by atoms with E-state index in [1.165, 1.54) is 6.42 Å². The van der Waals surface area contributed by atoms with E-state index in [-0.39, 0.29) is 10.6 Å². The van der Waals surface area contributed by atoms with Gasteiger partial charge in [0.2, 0.25) is 0 Å². The molecule has 0 unspecified atom stereocenters. The Labute approximate surface area is 131 Å². The van der Waals surface area contributed by atoms with Gasteiger partial charge in [-0.3, -0.25) is 4.79 Å². The van der Waals surface area contributed by atoms with Crippen LogP contribution in [-0.2, 0) is 9.22 Å². The second-order valence-corrected chi connectivity index (χ2v) is 13.3. The number of carbonyl (C=O) groups is 1. The molecule has 0 aromatic heterocycles. The van der Waals surface area contributed by atoms with Crippen LogP contribution in [0.3, 0.4) is 0 Å². The molecular weight excluding hydrogens is 276 g/mol. The summed E-state index contributed by atoms with van der Waals surface area (Å²) < 4.78 is 6.95. The van der Waals surface area contributed by atoms with Crippen LogP contribution in [0.1, 0.15) is 59.3 Å². The summed E-state index contributed by atoms with van der Waals surface area (Å²) in [6.07, 6.45) is 7.88. The molecule has 0 radical (unpaired) electrons. The first kappa shape index (κ1) is 16.9. The SMILES string of the molecule is C=CCC[C@@]1(O[Si](C)(C)C(C)(C)C)CC[C@@H]2CC(=O)C[C@@H]21. The molecule has 21 heavy (non-hydrogen) atoms. The van der Waals surface area contributed by atoms with Crippen molar-refractivity contribution in [1.29, 1.82) is 0 Å². The summed E-state index contributed by atoms with van der Waals surface area (Å²) in [6, 6.07) is 0. The molecule has 0 N–H and O–H groups in total. The van der Waals surface area contributed by atoms with Gasteiger partial charge >= 0.3 is 0 Å². The van der Waals surface area contributed by atoms with Gasteiger partial charge in [0.25, 0.3) is 0 Å². The van der Waals surface area contributed by atoms with Crippen molar-refractivity contribution in [3.63, 3.8) is 0 Å². The van der Waals surface area contributed by atoms with E-state index in [4.69, 9.17) is 4.43 Å². The topological polar surface area (TPSA) is 26.3 Å². The molecule has 2 nitrogen and oxygen atoms in total. The molecule has 0 aromatic rings. The third-order valence-corrected chi connectivity index (χ3v) is 10.7. The highest BCUT2D eigenvalue weighted by atomic mass is 28.4. The molecule has 0 spiro atoms. The first-order chi connectivity index (χ1) is 9.61. The van der Waals surface area contributed by atoms with Crippen molar-refractivity contribution in [2.24, 2.45) is 11.8 Å². The molecule has 0 heterocycles. The second kappa shape index (κ2) is 5.66. The largest absolute Gasteiger partial charge is 0.411 e. The third kappa shape index (κ3) is 3.19. The summed E-state index contributed by atoms with van der Waals surface area (Å²) in [7, 11) is -1.82. The van der Waals surface area contributed by atoms with Crippen molar-refractivity contribution in [3.05, 3.63) is 12.7 Å². The molecule has 120 valence electrons. The second-order valence-electron chi connectivity index (χ2n) is 8.61. The Morgan fingerprint density at radius 1 is 1.38 bits per heavy atom. The van der Waals surface area contributed by atoms with E-state index in [0.717, 1.165) is 32.1 Å². The summed E-state index contributed by atoms with van der Waals surface area (Å²) in [4.78, 5) is 11.9. The highest BCUT2D eigenvalue weighted by Crippen LogP contribution is 2.55. The minimum absolute atomic E-state index is 0.0615. The number of Topliss-reactive ketones (excluding diaryl/α,β-unsaturated/α-hetero) is 1. The minimum atomic E-state index is -1.82. The normalized spacial score (nSPS) is 33.3. The van der Waals surface area contributed by atoms with Crippen LogP contribution in [0.5, 0.6) is 0 Å². The molecule has 0 amide bonds. The highest BCUT2D eigenvalue weighted by Gasteiger charge is 2.56. The molecule has 0 bridgehead atoms. The number of carbonyl (C=O) groups excluding carboxylic acids is 1. The zero-order chi connectivity index (χ0) is 15.9. The lowest BCUT2D eigenvalue weighted by molar-refractivity contribution is -0.118. The molecular formula is C18H32O2Si. The van der Waals surface area contributed by atoms with Crippen molar-refractivity contribution in [1.82, 2.24) is 0 Å². The van der Waals surface area contributed by atoms with Crippen LogP contribution in [0.15, 0.2) is 12.7 Å². The van der Waals surface area contributed by atoms with E-state index in [2.05, 4.69) is 40.4 Å². The van der Waals surface area contributed by atoms with Crippen molar-refractivity contribution in [3.8, 4) is 0 Å². The van der Waals surface area contributed by atoms with Crippen molar-refractivity contribution in [2.75, 3.05) is 0 Å². The molecule has 0 saturated heterocycles. The van der Waals surface area contributed by atoms with E-state index in [0.29, 0.717) is 17.6 Å². The van der Waals surface area contributed by atoms with Crippen molar-refractivity contribution < 1.29 is 9.22 Å². The lowest BCUT2D eigenvalue weighted by Gasteiger charge is -2.47. The van der Waals surface area contributed by atoms with Gasteiger partial charge in [-0.05, 0) is 55.7 Å². The molecule has 0 aliphatic heterocycles. The zero-order valence-electron chi connectivity index (χ0n) is 14.5. The molecule has 2 saturated carbocycles. The van der Waals surface area contributed by atoms with Gasteiger partial charge in [-0.2, -0.15) is 0 Å². The van der Waals surface area contributed by atoms with Gasteiger partial charge in [0, 0.05) is 12.8 Å². The lowest BCUT2D eigenvalue weighted by atomic mass is 9.84. The number of hydrogen-bond acceptors (Lipinski definition) is 2. The van der Waals surface area contributed by atoms with Crippen LogP contribution >= 0.6 is 0 Å². The van der Waals surface area contributed by atoms with Crippen molar-refractivity contribution >= 4 is 14.1 Å². The van der Waals surface area contributed by atoms with Gasteiger partial charge in [0.1, 0.15) is 5.78 Å². The number of fused-ring (bicyclic) bond motifs is 1. The van der Waals surface area contributed by atoms with E-state index in [1.807, 2.05) is 6.08 Å². The van der Waals surface area contributed by atoms with Gasteiger partial charge in [-0.25, -0.2) is 0 Å². The molecule has 2 fully saturated rings. The average Bonchev–Trinajstić information content (AvgIpc) is 2.85. The Morgan fingerprint density at radius 2 is 2.05 bits per heavy atom. The smallest absolute Gasteiger partial charge is 0.192 e. The van der Waals surface area contributed by atoms with Crippen LogP contribution in [0, 0.1) is 11.8 Å². The fourth-order valence-electron chi connectivity index (χ4n) is 3.96. The Balaban J connectivity index is 2.26. The van der Waals surface area contributed by atoms with E-state index in [1.54, 1.807) is 0 Å². The zero-order valence-corrected chi connectivity index (χ0v) is 15.5. The molecule has 2 rings (SSSR count). The number of rotatable bonds is 5. The molecule has 3 heteroatoms. The standard InChI is InChI=1S/C18H32O2Si/c1-7-8-10-18(20-21(5,6)17(2,3)4)11-9-14-12-15(19)13-16(14)18/h7,14,16H,1,8-13H2,2-6H3/t14-,16+,18-/m1/s1. The highest BCUT2D eigenvalue weighted by molar-refractivity contribution is 6.74. The fourth-order valence-corrected chi connectivity index (χ4v) is 5.64. The quantitative estimate of drug-likeness (QED) is 0.521. The third-order valence-electron chi connectivity index (χ3n) is 6.16. The monoisotopic (exact) mass is 308 g/mol. The molecule has 0 aromatic carbocycles. The first-order valence-corrected chi connectivity index (χ1v) is 11.3. The summed E-state index contributed by atoms with van der Waals surface area (Å²) in [5.41, 5.74) is -0.0615.